The third-order valence-corrected chi connectivity index (χ3v) is 1.50. The first-order valence-corrected chi connectivity index (χ1v) is 5.47. The molecule has 0 amide bonds. The molecule has 0 aliphatic rings. The summed E-state index contributed by atoms with van der Waals surface area (Å²) in [5.74, 6) is 1.26. The molecule has 0 aromatic rings. The topological polar surface area (TPSA) is 18.5 Å². The van der Waals surface area contributed by atoms with Crippen LogP contribution in [0.3, 0.4) is 0 Å². The van der Waals surface area contributed by atoms with Crippen molar-refractivity contribution in [1.29, 1.82) is 0 Å². The van der Waals surface area contributed by atoms with Crippen molar-refractivity contribution in [2.75, 3.05) is 25.0 Å². The van der Waals surface area contributed by atoms with Crippen molar-refractivity contribution in [3.8, 4) is 0 Å². The molecule has 0 aromatic carbocycles. The van der Waals surface area contributed by atoms with Gasteiger partial charge >= 0.3 is 0 Å². The Bertz CT molecular complexity index is 119. The van der Waals surface area contributed by atoms with Crippen LogP contribution in [0.15, 0.2) is 25.7 Å². The standard InChI is InChI=1S/C6H11ClO.C4H7ClO/c1-2-8-6-4-3-5-7;1-2-6-4-3-5/h2H,1,3-6H2;2H,1,3-4H2. The van der Waals surface area contributed by atoms with E-state index in [1.54, 1.807) is 0 Å². The molecule has 0 aliphatic heterocycles. The Labute approximate surface area is 96.5 Å². The number of alkyl halides is 2. The molecule has 0 saturated carbocycles. The van der Waals surface area contributed by atoms with Gasteiger partial charge in [0.2, 0.25) is 0 Å². The van der Waals surface area contributed by atoms with Gasteiger partial charge in [0.25, 0.3) is 0 Å². The third-order valence-electron chi connectivity index (χ3n) is 1.08. The van der Waals surface area contributed by atoms with Crippen molar-refractivity contribution in [2.45, 2.75) is 12.8 Å². The summed E-state index contributed by atoms with van der Waals surface area (Å²) in [5.41, 5.74) is 0. The molecule has 0 radical (unpaired) electrons. The van der Waals surface area contributed by atoms with Crippen molar-refractivity contribution in [3.63, 3.8) is 0 Å². The maximum absolute atomic E-state index is 5.40. The first-order valence-electron chi connectivity index (χ1n) is 4.40. The van der Waals surface area contributed by atoms with Gasteiger partial charge in [0.15, 0.2) is 0 Å². The molecule has 2 nitrogen and oxygen atoms in total. The Kier molecular flexibility index (Phi) is 21.2. The van der Waals surface area contributed by atoms with Crippen LogP contribution < -0.4 is 0 Å². The van der Waals surface area contributed by atoms with Gasteiger partial charge in [-0.15, -0.1) is 23.2 Å². The fourth-order valence-corrected chi connectivity index (χ4v) is 0.769. The minimum Gasteiger partial charge on any atom is -0.502 e. The zero-order valence-electron chi connectivity index (χ0n) is 8.38. The second-order valence-electron chi connectivity index (χ2n) is 2.16. The van der Waals surface area contributed by atoms with Crippen molar-refractivity contribution >= 4 is 23.2 Å². The van der Waals surface area contributed by atoms with Crippen molar-refractivity contribution in [1.82, 2.24) is 0 Å². The van der Waals surface area contributed by atoms with Gasteiger partial charge in [0.05, 0.1) is 25.0 Å². The average Bonchev–Trinajstić information content (AvgIpc) is 2.22. The molecule has 0 spiro atoms. The van der Waals surface area contributed by atoms with Crippen molar-refractivity contribution in [3.05, 3.63) is 25.7 Å². The summed E-state index contributed by atoms with van der Waals surface area (Å²) in [4.78, 5) is 0. The van der Waals surface area contributed by atoms with E-state index < -0.39 is 0 Å². The normalized spacial score (nSPS) is 8.14. The maximum Gasteiger partial charge on any atom is 0.101 e. The van der Waals surface area contributed by atoms with Crippen LogP contribution in [-0.2, 0) is 9.47 Å². The first-order chi connectivity index (χ1) is 6.83. The van der Waals surface area contributed by atoms with E-state index in [1.807, 2.05) is 0 Å². The summed E-state index contributed by atoms with van der Waals surface area (Å²) < 4.78 is 9.46. The van der Waals surface area contributed by atoms with Crippen LogP contribution in [0.1, 0.15) is 12.8 Å². The van der Waals surface area contributed by atoms with Gasteiger partial charge in [-0.05, 0) is 12.8 Å². The molecule has 0 fully saturated rings. The molecule has 0 atom stereocenters. The van der Waals surface area contributed by atoms with Crippen LogP contribution in [-0.4, -0.2) is 25.0 Å². The second kappa shape index (κ2) is 18.4. The minimum atomic E-state index is 0.534. The Morgan fingerprint density at radius 3 is 1.79 bits per heavy atom. The molecule has 0 unspecified atom stereocenters. The highest BCUT2D eigenvalue weighted by Crippen LogP contribution is 1.91. The van der Waals surface area contributed by atoms with Gasteiger partial charge in [-0.2, -0.15) is 0 Å². The lowest BCUT2D eigenvalue weighted by Gasteiger charge is -1.95. The number of halogens is 2. The zero-order chi connectivity index (χ0) is 11.1. The number of unbranched alkanes of at least 4 members (excludes halogenated alkanes) is 1. The molecule has 0 saturated heterocycles. The van der Waals surface area contributed by atoms with Crippen LogP contribution in [0.2, 0.25) is 0 Å². The van der Waals surface area contributed by atoms with Gasteiger partial charge in [0.1, 0.15) is 6.61 Å². The quantitative estimate of drug-likeness (QED) is 0.367. The summed E-state index contributed by atoms with van der Waals surface area (Å²) in [6.45, 7) is 8.03. The average molecular weight is 241 g/mol. The number of rotatable bonds is 8. The number of ether oxygens (including phenoxy) is 2. The van der Waals surface area contributed by atoms with Crippen LogP contribution in [0.5, 0.6) is 0 Å². The predicted octanol–water partition coefficient (Wildman–Crippen LogP) is 3.55. The Balaban J connectivity index is 0. The first kappa shape index (κ1) is 16.1. The van der Waals surface area contributed by atoms with Crippen LogP contribution in [0.25, 0.3) is 0 Å². The van der Waals surface area contributed by atoms with Crippen LogP contribution in [0, 0.1) is 0 Å². The van der Waals surface area contributed by atoms with Gasteiger partial charge < -0.3 is 9.47 Å². The van der Waals surface area contributed by atoms with Crippen molar-refractivity contribution < 1.29 is 9.47 Å². The van der Waals surface area contributed by atoms with Crippen molar-refractivity contribution in [2.24, 2.45) is 0 Å². The number of hydrogen-bond donors (Lipinski definition) is 0. The van der Waals surface area contributed by atoms with E-state index in [0.29, 0.717) is 12.5 Å². The molecule has 0 bridgehead atoms. The molecule has 84 valence electrons. The fraction of sp³-hybridized carbons (Fsp3) is 0.600. The number of hydrogen-bond acceptors (Lipinski definition) is 2. The maximum atomic E-state index is 5.40. The summed E-state index contributed by atoms with van der Waals surface area (Å²) in [5, 5.41) is 0. The highest BCUT2D eigenvalue weighted by Gasteiger charge is 1.82. The molecular formula is C10H18Cl2O2. The van der Waals surface area contributed by atoms with E-state index in [-0.39, 0.29) is 0 Å². The Morgan fingerprint density at radius 2 is 1.43 bits per heavy atom. The molecule has 0 N–H and O–H groups in total. The van der Waals surface area contributed by atoms with Gasteiger partial charge in [-0.1, -0.05) is 13.2 Å². The monoisotopic (exact) mass is 240 g/mol. The predicted molar refractivity (Wildman–Crippen MR) is 63.0 cm³/mol. The van der Waals surface area contributed by atoms with Gasteiger partial charge in [0, 0.05) is 5.88 Å². The second-order valence-corrected chi connectivity index (χ2v) is 2.92. The lowest BCUT2D eigenvalue weighted by atomic mass is 10.4. The van der Waals surface area contributed by atoms with Crippen LogP contribution in [0.4, 0.5) is 0 Å². The Hall–Kier alpha value is -0.340. The van der Waals surface area contributed by atoms with E-state index in [9.17, 15) is 0 Å². The summed E-state index contributed by atoms with van der Waals surface area (Å²) in [6, 6.07) is 0. The van der Waals surface area contributed by atoms with E-state index >= 15 is 0 Å². The lowest BCUT2D eigenvalue weighted by molar-refractivity contribution is 0.245. The summed E-state index contributed by atoms with van der Waals surface area (Å²) >= 11 is 10.6. The fourth-order valence-electron chi connectivity index (χ4n) is 0.491. The van der Waals surface area contributed by atoms with E-state index in [4.69, 9.17) is 27.9 Å². The summed E-state index contributed by atoms with van der Waals surface area (Å²) in [6.07, 6.45) is 4.88. The largest absolute Gasteiger partial charge is 0.502 e. The van der Waals surface area contributed by atoms with Gasteiger partial charge in [-0.25, -0.2) is 0 Å². The summed E-state index contributed by atoms with van der Waals surface area (Å²) in [7, 11) is 0. The lowest BCUT2D eigenvalue weighted by Crippen LogP contribution is -1.86. The Morgan fingerprint density at radius 1 is 0.857 bits per heavy atom. The highest BCUT2D eigenvalue weighted by atomic mass is 35.5. The van der Waals surface area contributed by atoms with E-state index in [1.165, 1.54) is 12.5 Å². The van der Waals surface area contributed by atoms with Crippen LogP contribution >= 0.6 is 23.2 Å². The molecule has 0 aromatic heterocycles. The highest BCUT2D eigenvalue weighted by molar-refractivity contribution is 6.18. The molecule has 4 heteroatoms. The molecule has 0 aliphatic carbocycles. The van der Waals surface area contributed by atoms with E-state index in [2.05, 4.69) is 17.9 Å². The van der Waals surface area contributed by atoms with E-state index in [0.717, 1.165) is 25.3 Å². The molecule has 0 rings (SSSR count). The smallest absolute Gasteiger partial charge is 0.101 e. The minimum absolute atomic E-state index is 0.534. The van der Waals surface area contributed by atoms with Gasteiger partial charge in [-0.3, -0.25) is 0 Å². The molecule has 0 heterocycles. The molecule has 14 heavy (non-hydrogen) atoms. The third kappa shape index (κ3) is 22.6. The zero-order valence-corrected chi connectivity index (χ0v) is 9.90. The molecular weight excluding hydrogens is 223 g/mol. The SMILES string of the molecule is C=COCCCCCl.C=COCCCl.